The third-order valence-corrected chi connectivity index (χ3v) is 7.17. The fraction of sp³-hybridized carbons (Fsp3) is 0.393. The van der Waals surface area contributed by atoms with Crippen LogP contribution in [-0.2, 0) is 9.59 Å². The van der Waals surface area contributed by atoms with Gasteiger partial charge in [-0.15, -0.1) is 0 Å². The van der Waals surface area contributed by atoms with E-state index >= 15 is 0 Å². The van der Waals surface area contributed by atoms with Gasteiger partial charge < -0.3 is 19.5 Å². The Labute approximate surface area is 231 Å². The largest absolute Gasteiger partial charge is 0.461 e. The first kappa shape index (κ1) is 26.7. The number of furan rings is 1. The van der Waals surface area contributed by atoms with Crippen LogP contribution in [0.25, 0.3) is 11.0 Å². The maximum atomic E-state index is 13.5. The molecule has 2 N–H and O–H groups in total. The van der Waals surface area contributed by atoms with Crippen LogP contribution in [-0.4, -0.2) is 70.7 Å². The van der Waals surface area contributed by atoms with E-state index < -0.39 is 11.9 Å². The molecule has 0 spiro atoms. The number of anilines is 1. The molecular weight excluding hydrogens is 520 g/mol. The predicted molar refractivity (Wildman–Crippen MR) is 149 cm³/mol. The number of likely N-dealkylation sites (tertiary alicyclic amines) is 2. The topological polar surface area (TPSA) is 120 Å². The van der Waals surface area contributed by atoms with E-state index in [0.29, 0.717) is 24.2 Å². The molecule has 4 heterocycles. The van der Waals surface area contributed by atoms with Gasteiger partial charge in [-0.2, -0.15) is 0 Å². The summed E-state index contributed by atoms with van der Waals surface area (Å²) in [5.74, 6) is 0.208. The van der Waals surface area contributed by atoms with Gasteiger partial charge in [-0.05, 0) is 75.4 Å². The Morgan fingerprint density at radius 2 is 1.90 bits per heavy atom. The SMILES string of the molecule is Cc1cc2cc(NC(=N[C@H]3CCCCN(CC(=O)N4CCCC4)C3=O)NC(=O)c3ccc(Cl)nc3)ccc2o1. The molecule has 2 aromatic heterocycles. The summed E-state index contributed by atoms with van der Waals surface area (Å²) in [5, 5.41) is 7.12. The summed E-state index contributed by atoms with van der Waals surface area (Å²) in [6, 6.07) is 9.78. The first-order valence-corrected chi connectivity index (χ1v) is 13.6. The average molecular weight is 551 g/mol. The van der Waals surface area contributed by atoms with Gasteiger partial charge in [-0.25, -0.2) is 9.98 Å². The summed E-state index contributed by atoms with van der Waals surface area (Å²) in [6.07, 6.45) is 5.43. The number of hydrogen-bond donors (Lipinski definition) is 2. The van der Waals surface area contributed by atoms with Crippen LogP contribution in [0.1, 0.15) is 48.2 Å². The molecule has 204 valence electrons. The lowest BCUT2D eigenvalue weighted by molar-refractivity contribution is -0.140. The van der Waals surface area contributed by atoms with Crippen LogP contribution in [0, 0.1) is 6.92 Å². The Morgan fingerprint density at radius 3 is 2.67 bits per heavy atom. The van der Waals surface area contributed by atoms with E-state index in [2.05, 4.69) is 20.6 Å². The van der Waals surface area contributed by atoms with Crippen molar-refractivity contribution in [2.75, 3.05) is 31.5 Å². The van der Waals surface area contributed by atoms with Crippen LogP contribution in [0.2, 0.25) is 5.15 Å². The number of aliphatic imine (C=N–C) groups is 1. The second-order valence-corrected chi connectivity index (χ2v) is 10.3. The number of aryl methyl sites for hydroxylation is 1. The van der Waals surface area contributed by atoms with Crippen LogP contribution in [0.5, 0.6) is 0 Å². The summed E-state index contributed by atoms with van der Waals surface area (Å²) < 4.78 is 5.66. The lowest BCUT2D eigenvalue weighted by Gasteiger charge is -2.25. The van der Waals surface area contributed by atoms with Gasteiger partial charge in [0.25, 0.3) is 5.91 Å². The summed E-state index contributed by atoms with van der Waals surface area (Å²) in [5.41, 5.74) is 1.70. The third-order valence-electron chi connectivity index (χ3n) is 6.95. The molecule has 3 amide bonds. The Morgan fingerprint density at radius 1 is 1.10 bits per heavy atom. The minimum Gasteiger partial charge on any atom is -0.461 e. The van der Waals surface area contributed by atoms with Gasteiger partial charge in [0.1, 0.15) is 22.5 Å². The van der Waals surface area contributed by atoms with Crippen LogP contribution < -0.4 is 10.6 Å². The highest BCUT2D eigenvalue weighted by molar-refractivity contribution is 6.29. The number of carbonyl (C=O) groups excluding carboxylic acids is 3. The van der Waals surface area contributed by atoms with E-state index in [1.54, 1.807) is 11.0 Å². The average Bonchev–Trinajstić information content (AvgIpc) is 3.55. The van der Waals surface area contributed by atoms with Crippen LogP contribution in [0.4, 0.5) is 5.69 Å². The van der Waals surface area contributed by atoms with Crippen LogP contribution in [0.3, 0.4) is 0 Å². The van der Waals surface area contributed by atoms with Crippen LogP contribution in [0.15, 0.2) is 52.0 Å². The Balaban J connectivity index is 1.39. The van der Waals surface area contributed by atoms with Crippen molar-refractivity contribution in [3.8, 4) is 0 Å². The Kier molecular flexibility index (Phi) is 8.11. The smallest absolute Gasteiger partial charge is 0.259 e. The van der Waals surface area contributed by atoms with Gasteiger partial charge in [0.05, 0.1) is 12.1 Å². The van der Waals surface area contributed by atoms with Gasteiger partial charge in [-0.1, -0.05) is 11.6 Å². The standard InChI is InChI=1S/C28H31ClN6O4/c1-18-14-20-15-21(8-9-23(20)39-18)31-28(33-26(37)19-7-10-24(29)30-16-19)32-22-6-2-3-13-35(27(22)38)17-25(36)34-11-4-5-12-34/h7-10,14-16,22H,2-6,11-13,17H2,1H3,(H2,31,32,33,37)/t22-/m0/s1. The van der Waals surface area contributed by atoms with Crippen molar-refractivity contribution in [3.05, 3.63) is 59.1 Å². The van der Waals surface area contributed by atoms with Crippen molar-refractivity contribution in [2.45, 2.75) is 45.1 Å². The molecule has 2 fully saturated rings. The number of amides is 3. The number of pyridine rings is 1. The van der Waals surface area contributed by atoms with E-state index in [-0.39, 0.29) is 29.5 Å². The van der Waals surface area contributed by atoms with Gasteiger partial charge in [0.15, 0.2) is 0 Å². The second kappa shape index (κ2) is 11.9. The Bertz CT molecular complexity index is 1400. The normalized spacial score (nSPS) is 18.4. The number of aromatic nitrogens is 1. The van der Waals surface area contributed by atoms with Gasteiger partial charge in [0.2, 0.25) is 17.8 Å². The number of nitrogens with one attached hydrogen (secondary N) is 2. The predicted octanol–water partition coefficient (Wildman–Crippen LogP) is 3.99. The number of rotatable bonds is 5. The molecule has 5 rings (SSSR count). The molecule has 0 aliphatic carbocycles. The first-order valence-electron chi connectivity index (χ1n) is 13.2. The molecule has 2 aliphatic heterocycles. The highest BCUT2D eigenvalue weighted by atomic mass is 35.5. The van der Waals surface area contributed by atoms with E-state index in [4.69, 9.17) is 16.0 Å². The summed E-state index contributed by atoms with van der Waals surface area (Å²) in [4.78, 5) is 51.4. The van der Waals surface area contributed by atoms with Gasteiger partial charge >= 0.3 is 0 Å². The molecule has 10 nitrogen and oxygen atoms in total. The quantitative estimate of drug-likeness (QED) is 0.281. The number of benzene rings is 1. The molecule has 2 saturated heterocycles. The summed E-state index contributed by atoms with van der Waals surface area (Å²) in [7, 11) is 0. The summed E-state index contributed by atoms with van der Waals surface area (Å²) >= 11 is 5.87. The number of fused-ring (bicyclic) bond motifs is 1. The zero-order valence-electron chi connectivity index (χ0n) is 21.8. The van der Waals surface area contributed by atoms with Crippen molar-refractivity contribution in [1.29, 1.82) is 0 Å². The maximum Gasteiger partial charge on any atom is 0.259 e. The number of nitrogens with zero attached hydrogens (tertiary/aromatic N) is 4. The van der Waals surface area contributed by atoms with Gasteiger partial charge in [-0.3, -0.25) is 19.7 Å². The first-order chi connectivity index (χ1) is 18.9. The Hall–Kier alpha value is -3.92. The monoisotopic (exact) mass is 550 g/mol. The highest BCUT2D eigenvalue weighted by Crippen LogP contribution is 2.23. The highest BCUT2D eigenvalue weighted by Gasteiger charge is 2.30. The minimum atomic E-state index is -0.745. The van der Waals surface area contributed by atoms with Crippen LogP contribution >= 0.6 is 11.6 Å². The lowest BCUT2D eigenvalue weighted by Crippen LogP contribution is -2.45. The second-order valence-electron chi connectivity index (χ2n) is 9.90. The van der Waals surface area contributed by atoms with E-state index in [0.717, 1.165) is 55.5 Å². The number of carbonyl (C=O) groups is 3. The molecule has 39 heavy (non-hydrogen) atoms. The lowest BCUT2D eigenvalue weighted by atomic mass is 10.1. The molecule has 0 radical (unpaired) electrons. The minimum absolute atomic E-state index is 0.0314. The van der Waals surface area contributed by atoms with Crippen molar-refractivity contribution >= 4 is 51.9 Å². The molecular formula is C28H31ClN6O4. The number of hydrogen-bond acceptors (Lipinski definition) is 6. The van der Waals surface area contributed by atoms with Gasteiger partial charge in [0, 0.05) is 36.9 Å². The fourth-order valence-corrected chi connectivity index (χ4v) is 5.04. The van der Waals surface area contributed by atoms with Crippen molar-refractivity contribution in [3.63, 3.8) is 0 Å². The third kappa shape index (κ3) is 6.57. The zero-order chi connectivity index (χ0) is 27.4. The van der Waals surface area contributed by atoms with Crippen molar-refractivity contribution < 1.29 is 18.8 Å². The number of guanidine groups is 1. The van der Waals surface area contributed by atoms with Crippen molar-refractivity contribution in [1.82, 2.24) is 20.1 Å². The molecule has 1 atom stereocenters. The van der Waals surface area contributed by atoms with E-state index in [9.17, 15) is 14.4 Å². The molecule has 0 bridgehead atoms. The molecule has 11 heteroatoms. The van der Waals surface area contributed by atoms with Crippen molar-refractivity contribution in [2.24, 2.45) is 4.99 Å². The van der Waals surface area contributed by atoms with E-state index in [1.807, 2.05) is 36.1 Å². The maximum absolute atomic E-state index is 13.5. The molecule has 3 aromatic rings. The molecule has 1 aromatic carbocycles. The molecule has 0 saturated carbocycles. The molecule has 2 aliphatic rings. The number of halogens is 1. The summed E-state index contributed by atoms with van der Waals surface area (Å²) in [6.45, 7) is 3.91. The fourth-order valence-electron chi connectivity index (χ4n) is 4.92. The van der Waals surface area contributed by atoms with E-state index in [1.165, 1.54) is 12.3 Å². The molecule has 0 unspecified atom stereocenters. The zero-order valence-corrected chi connectivity index (χ0v) is 22.5.